The lowest BCUT2D eigenvalue weighted by molar-refractivity contribution is -0.123. The Kier molecular flexibility index (Phi) is 6.90. The molecule has 0 heterocycles. The van der Waals surface area contributed by atoms with Crippen molar-refractivity contribution in [3.05, 3.63) is 71.5 Å². The molecule has 2 rings (SSSR count). The lowest BCUT2D eigenvalue weighted by Gasteiger charge is -2.20. The van der Waals surface area contributed by atoms with Crippen molar-refractivity contribution in [3.63, 3.8) is 0 Å². The second-order valence-corrected chi connectivity index (χ2v) is 5.67. The van der Waals surface area contributed by atoms with E-state index in [1.54, 1.807) is 6.07 Å². The van der Waals surface area contributed by atoms with Crippen LogP contribution in [0.1, 0.15) is 42.5 Å². The van der Waals surface area contributed by atoms with Crippen LogP contribution in [-0.2, 0) is 4.79 Å². The van der Waals surface area contributed by atoms with Crippen molar-refractivity contribution in [2.45, 2.75) is 31.4 Å². The topological polar surface area (TPSA) is 69.6 Å². The molecule has 2 unspecified atom stereocenters. The third-order valence-electron chi connectivity index (χ3n) is 3.80. The summed E-state index contributed by atoms with van der Waals surface area (Å²) in [5.74, 6) is -0.768. The van der Waals surface area contributed by atoms with Gasteiger partial charge < -0.3 is 15.5 Å². The molecule has 128 valence electrons. The van der Waals surface area contributed by atoms with Crippen LogP contribution in [0.25, 0.3) is 0 Å². The van der Waals surface area contributed by atoms with Crippen molar-refractivity contribution in [3.8, 4) is 0 Å². The maximum Gasteiger partial charge on any atom is 0.223 e. The second-order valence-electron chi connectivity index (χ2n) is 5.67. The summed E-state index contributed by atoms with van der Waals surface area (Å²) in [7, 11) is 0. The van der Waals surface area contributed by atoms with Crippen LogP contribution in [0.4, 0.5) is 4.39 Å². The average molecular weight is 331 g/mol. The second kappa shape index (κ2) is 9.15. The third kappa shape index (κ3) is 5.44. The van der Waals surface area contributed by atoms with Gasteiger partial charge in [0.25, 0.3) is 0 Å². The van der Waals surface area contributed by atoms with Gasteiger partial charge in [-0.3, -0.25) is 4.79 Å². The number of halogens is 1. The molecule has 1 amide bonds. The number of amides is 1. The number of hydrogen-bond acceptors (Lipinski definition) is 3. The van der Waals surface area contributed by atoms with Gasteiger partial charge in [-0.05, 0) is 36.1 Å². The molecule has 0 aliphatic rings. The molecule has 2 aromatic rings. The highest BCUT2D eigenvalue weighted by Crippen LogP contribution is 2.21. The van der Waals surface area contributed by atoms with Crippen LogP contribution in [0.3, 0.4) is 0 Å². The van der Waals surface area contributed by atoms with Crippen LogP contribution in [0.2, 0.25) is 0 Å². The molecule has 24 heavy (non-hydrogen) atoms. The Morgan fingerprint density at radius 3 is 2.46 bits per heavy atom. The molecule has 0 aliphatic carbocycles. The van der Waals surface area contributed by atoms with E-state index in [4.69, 9.17) is 5.11 Å². The molecule has 0 saturated carbocycles. The molecule has 2 atom stereocenters. The molecular weight excluding hydrogens is 309 g/mol. The van der Waals surface area contributed by atoms with Crippen molar-refractivity contribution in [2.75, 3.05) is 6.61 Å². The Bertz CT molecular complexity index is 648. The van der Waals surface area contributed by atoms with Crippen molar-refractivity contribution in [2.24, 2.45) is 0 Å². The van der Waals surface area contributed by atoms with Crippen LogP contribution in [0, 0.1) is 5.82 Å². The molecule has 0 fully saturated rings. The van der Waals surface area contributed by atoms with Gasteiger partial charge in [0, 0.05) is 6.61 Å². The Labute approximate surface area is 141 Å². The van der Waals surface area contributed by atoms with Gasteiger partial charge in [-0.15, -0.1) is 0 Å². The summed E-state index contributed by atoms with van der Waals surface area (Å²) in [4.78, 5) is 12.2. The lowest BCUT2D eigenvalue weighted by Crippen LogP contribution is -2.30. The van der Waals surface area contributed by atoms with Gasteiger partial charge in [0.15, 0.2) is 0 Å². The predicted molar refractivity (Wildman–Crippen MR) is 89.6 cm³/mol. The summed E-state index contributed by atoms with van der Waals surface area (Å²) in [5, 5.41) is 22.0. The van der Waals surface area contributed by atoms with Gasteiger partial charge in [-0.1, -0.05) is 42.5 Å². The van der Waals surface area contributed by atoms with Gasteiger partial charge in [-0.25, -0.2) is 4.39 Å². The number of carbonyl (C=O) groups is 1. The number of rotatable bonds is 8. The number of nitrogens with one attached hydrogen (secondary N) is 1. The zero-order valence-electron chi connectivity index (χ0n) is 13.4. The highest BCUT2D eigenvalue weighted by Gasteiger charge is 2.18. The third-order valence-corrected chi connectivity index (χ3v) is 3.80. The normalized spacial score (nSPS) is 13.3. The van der Waals surface area contributed by atoms with Gasteiger partial charge in [0.05, 0.1) is 18.6 Å². The largest absolute Gasteiger partial charge is 0.396 e. The number of aliphatic hydroxyl groups excluding tert-OH is 2. The molecular formula is C19H22FNO3. The molecule has 0 saturated heterocycles. The van der Waals surface area contributed by atoms with E-state index >= 15 is 0 Å². The fourth-order valence-corrected chi connectivity index (χ4v) is 2.56. The standard InChI is InChI=1S/C19H22FNO3/c20-16-9-4-8-15(12-16)18(23)13-19(24)21-17(10-5-11-22)14-6-2-1-3-7-14/h1-4,6-9,12,17-18,22-23H,5,10-11,13H2,(H,21,24). The van der Waals surface area contributed by atoms with E-state index in [9.17, 15) is 14.3 Å². The highest BCUT2D eigenvalue weighted by molar-refractivity contribution is 5.77. The molecule has 0 radical (unpaired) electrons. The van der Waals surface area contributed by atoms with Crippen LogP contribution in [0.15, 0.2) is 54.6 Å². The van der Waals surface area contributed by atoms with Crippen LogP contribution < -0.4 is 5.32 Å². The summed E-state index contributed by atoms with van der Waals surface area (Å²) in [6.45, 7) is 0.0467. The molecule has 0 bridgehead atoms. The van der Waals surface area contributed by atoms with Crippen LogP contribution >= 0.6 is 0 Å². The summed E-state index contributed by atoms with van der Waals surface area (Å²) in [5.41, 5.74) is 1.32. The predicted octanol–water partition coefficient (Wildman–Crippen LogP) is 2.88. The first-order chi connectivity index (χ1) is 11.6. The summed E-state index contributed by atoms with van der Waals surface area (Å²) < 4.78 is 13.2. The maximum atomic E-state index is 13.2. The van der Waals surface area contributed by atoms with E-state index in [0.29, 0.717) is 18.4 Å². The van der Waals surface area contributed by atoms with E-state index in [0.717, 1.165) is 5.56 Å². The number of carbonyl (C=O) groups excluding carboxylic acids is 1. The van der Waals surface area contributed by atoms with Gasteiger partial charge in [0.1, 0.15) is 5.82 Å². The Hall–Kier alpha value is -2.24. The van der Waals surface area contributed by atoms with Gasteiger partial charge in [-0.2, -0.15) is 0 Å². The molecule has 3 N–H and O–H groups in total. The lowest BCUT2D eigenvalue weighted by atomic mass is 10.0. The summed E-state index contributed by atoms with van der Waals surface area (Å²) in [6.07, 6.45) is -0.0458. The Morgan fingerprint density at radius 1 is 1.08 bits per heavy atom. The molecule has 4 nitrogen and oxygen atoms in total. The zero-order valence-corrected chi connectivity index (χ0v) is 13.4. The number of aliphatic hydroxyl groups is 2. The maximum absolute atomic E-state index is 13.2. The Morgan fingerprint density at radius 2 is 1.79 bits per heavy atom. The minimum absolute atomic E-state index is 0.0467. The number of hydrogen-bond donors (Lipinski definition) is 3. The average Bonchev–Trinajstić information content (AvgIpc) is 2.59. The minimum Gasteiger partial charge on any atom is -0.396 e. The number of benzene rings is 2. The van der Waals surface area contributed by atoms with E-state index in [1.807, 2.05) is 30.3 Å². The van der Waals surface area contributed by atoms with Crippen molar-refractivity contribution in [1.29, 1.82) is 0 Å². The van der Waals surface area contributed by atoms with Gasteiger partial charge >= 0.3 is 0 Å². The first-order valence-electron chi connectivity index (χ1n) is 7.99. The molecule has 5 heteroatoms. The fraction of sp³-hybridized carbons (Fsp3) is 0.316. The van der Waals surface area contributed by atoms with Crippen molar-refractivity contribution < 1.29 is 19.4 Å². The van der Waals surface area contributed by atoms with Gasteiger partial charge in [0.2, 0.25) is 5.91 Å². The minimum atomic E-state index is -1.06. The summed E-state index contributed by atoms with van der Waals surface area (Å²) >= 11 is 0. The molecule has 2 aromatic carbocycles. The molecule has 0 aromatic heterocycles. The fourth-order valence-electron chi connectivity index (χ4n) is 2.56. The smallest absolute Gasteiger partial charge is 0.223 e. The van der Waals surface area contributed by atoms with Crippen molar-refractivity contribution in [1.82, 2.24) is 5.32 Å². The van der Waals surface area contributed by atoms with Crippen LogP contribution in [0.5, 0.6) is 0 Å². The highest BCUT2D eigenvalue weighted by atomic mass is 19.1. The Balaban J connectivity index is 1.99. The summed E-state index contributed by atoms with van der Waals surface area (Å²) in [6, 6.07) is 14.8. The monoisotopic (exact) mass is 331 g/mol. The van der Waals surface area contributed by atoms with E-state index in [1.165, 1.54) is 18.2 Å². The quantitative estimate of drug-likeness (QED) is 0.697. The van der Waals surface area contributed by atoms with E-state index in [2.05, 4.69) is 5.32 Å². The van der Waals surface area contributed by atoms with Crippen molar-refractivity contribution >= 4 is 5.91 Å². The molecule has 0 spiro atoms. The SMILES string of the molecule is O=C(CC(O)c1cccc(F)c1)NC(CCCO)c1ccccc1. The van der Waals surface area contributed by atoms with E-state index < -0.39 is 11.9 Å². The van der Waals surface area contributed by atoms with E-state index in [-0.39, 0.29) is 25.0 Å². The molecule has 0 aliphatic heterocycles. The first-order valence-corrected chi connectivity index (χ1v) is 7.99. The van der Waals surface area contributed by atoms with Crippen LogP contribution in [-0.4, -0.2) is 22.7 Å². The zero-order chi connectivity index (χ0) is 17.4. The first kappa shape index (κ1) is 18.1.